The van der Waals surface area contributed by atoms with Gasteiger partial charge in [-0.25, -0.2) is 0 Å². The minimum Gasteiger partial charge on any atom is -0.379 e. The molecule has 116 valence electrons. The molecule has 3 rings (SSSR count). The van der Waals surface area contributed by atoms with Crippen LogP contribution in [-0.2, 0) is 11.2 Å². The van der Waals surface area contributed by atoms with E-state index in [1.807, 2.05) is 0 Å². The molecule has 0 spiro atoms. The summed E-state index contributed by atoms with van der Waals surface area (Å²) < 4.78 is 5.39. The van der Waals surface area contributed by atoms with Gasteiger partial charge >= 0.3 is 0 Å². The molecule has 2 nitrogen and oxygen atoms in total. The Labute approximate surface area is 133 Å². The minimum atomic E-state index is 0.894. The monoisotopic (exact) mass is 295 g/mol. The van der Waals surface area contributed by atoms with Crippen molar-refractivity contribution in [2.24, 2.45) is 0 Å². The third-order valence-corrected chi connectivity index (χ3v) is 4.45. The Balaban J connectivity index is 1.54. The number of nitrogens with zero attached hydrogens (tertiary/aromatic N) is 1. The van der Waals surface area contributed by atoms with Gasteiger partial charge in [0.2, 0.25) is 0 Å². The topological polar surface area (TPSA) is 12.5 Å². The third kappa shape index (κ3) is 3.96. The first kappa shape index (κ1) is 15.3. The van der Waals surface area contributed by atoms with E-state index in [-0.39, 0.29) is 0 Å². The van der Waals surface area contributed by atoms with E-state index >= 15 is 0 Å². The van der Waals surface area contributed by atoms with Crippen LogP contribution in [-0.4, -0.2) is 37.7 Å². The largest absolute Gasteiger partial charge is 0.379 e. The predicted molar refractivity (Wildman–Crippen MR) is 92.2 cm³/mol. The SMILES string of the molecule is Cc1ccccc1-c1ccc(CCCN2CCOCC2)cc1. The van der Waals surface area contributed by atoms with Crippen LogP contribution >= 0.6 is 0 Å². The summed E-state index contributed by atoms with van der Waals surface area (Å²) in [6.07, 6.45) is 2.38. The van der Waals surface area contributed by atoms with E-state index in [2.05, 4.69) is 60.4 Å². The van der Waals surface area contributed by atoms with E-state index in [0.717, 1.165) is 32.7 Å². The number of benzene rings is 2. The summed E-state index contributed by atoms with van der Waals surface area (Å²) in [6, 6.07) is 17.6. The fourth-order valence-electron chi connectivity index (χ4n) is 3.08. The van der Waals surface area contributed by atoms with Gasteiger partial charge in [-0.1, -0.05) is 48.5 Å². The van der Waals surface area contributed by atoms with Crippen LogP contribution in [0.1, 0.15) is 17.5 Å². The van der Waals surface area contributed by atoms with Gasteiger partial charge in [0, 0.05) is 13.1 Å². The quantitative estimate of drug-likeness (QED) is 0.829. The summed E-state index contributed by atoms with van der Waals surface area (Å²) in [6.45, 7) is 7.32. The Hall–Kier alpha value is -1.64. The second-order valence-corrected chi connectivity index (χ2v) is 6.07. The van der Waals surface area contributed by atoms with Crippen molar-refractivity contribution < 1.29 is 4.74 Å². The fourth-order valence-corrected chi connectivity index (χ4v) is 3.08. The standard InChI is InChI=1S/C20H25NO/c1-17-5-2-3-7-20(17)19-10-8-18(9-11-19)6-4-12-21-13-15-22-16-14-21/h2-3,5,7-11H,4,6,12-16H2,1H3. The van der Waals surface area contributed by atoms with Gasteiger partial charge in [0.1, 0.15) is 0 Å². The molecule has 1 heterocycles. The van der Waals surface area contributed by atoms with Crippen molar-refractivity contribution in [2.75, 3.05) is 32.8 Å². The number of morpholine rings is 1. The van der Waals surface area contributed by atoms with E-state index < -0.39 is 0 Å². The minimum absolute atomic E-state index is 0.894. The zero-order valence-corrected chi connectivity index (χ0v) is 13.4. The average Bonchev–Trinajstić information content (AvgIpc) is 2.57. The van der Waals surface area contributed by atoms with Crippen molar-refractivity contribution in [1.29, 1.82) is 0 Å². The Morgan fingerprint density at radius 3 is 2.41 bits per heavy atom. The second-order valence-electron chi connectivity index (χ2n) is 6.07. The zero-order chi connectivity index (χ0) is 15.2. The number of hydrogen-bond donors (Lipinski definition) is 0. The molecule has 0 unspecified atom stereocenters. The molecular weight excluding hydrogens is 270 g/mol. The van der Waals surface area contributed by atoms with Crippen LogP contribution in [0.25, 0.3) is 11.1 Å². The molecule has 2 aromatic carbocycles. The molecule has 1 fully saturated rings. The van der Waals surface area contributed by atoms with E-state index in [1.165, 1.54) is 35.2 Å². The maximum absolute atomic E-state index is 5.39. The molecule has 1 aliphatic heterocycles. The average molecular weight is 295 g/mol. The molecule has 0 amide bonds. The van der Waals surface area contributed by atoms with Crippen molar-refractivity contribution in [3.63, 3.8) is 0 Å². The molecule has 0 aromatic heterocycles. The summed E-state index contributed by atoms with van der Waals surface area (Å²) in [7, 11) is 0. The summed E-state index contributed by atoms with van der Waals surface area (Å²) >= 11 is 0. The van der Waals surface area contributed by atoms with Gasteiger partial charge < -0.3 is 4.74 Å². The third-order valence-electron chi connectivity index (χ3n) is 4.45. The summed E-state index contributed by atoms with van der Waals surface area (Å²) in [5.74, 6) is 0. The van der Waals surface area contributed by atoms with Gasteiger partial charge in [0.05, 0.1) is 13.2 Å². The van der Waals surface area contributed by atoms with E-state index in [1.54, 1.807) is 0 Å². The molecule has 0 atom stereocenters. The van der Waals surface area contributed by atoms with Crippen molar-refractivity contribution >= 4 is 0 Å². The molecule has 2 aromatic rings. The molecule has 0 radical (unpaired) electrons. The molecule has 0 aliphatic carbocycles. The maximum Gasteiger partial charge on any atom is 0.0594 e. The number of hydrogen-bond acceptors (Lipinski definition) is 2. The molecule has 22 heavy (non-hydrogen) atoms. The summed E-state index contributed by atoms with van der Waals surface area (Å²) in [5, 5.41) is 0. The highest BCUT2D eigenvalue weighted by Gasteiger charge is 2.09. The van der Waals surface area contributed by atoms with Crippen LogP contribution < -0.4 is 0 Å². The number of rotatable bonds is 5. The lowest BCUT2D eigenvalue weighted by Crippen LogP contribution is -2.36. The Morgan fingerprint density at radius 2 is 1.68 bits per heavy atom. The normalized spacial score (nSPS) is 15.9. The molecule has 0 N–H and O–H groups in total. The van der Waals surface area contributed by atoms with Crippen LogP contribution in [0.4, 0.5) is 0 Å². The summed E-state index contributed by atoms with van der Waals surface area (Å²) in [5.41, 5.74) is 5.42. The molecule has 2 heteroatoms. The van der Waals surface area contributed by atoms with Crippen molar-refractivity contribution in [1.82, 2.24) is 4.90 Å². The van der Waals surface area contributed by atoms with Gasteiger partial charge in [-0.3, -0.25) is 4.90 Å². The lowest BCUT2D eigenvalue weighted by Gasteiger charge is -2.26. The van der Waals surface area contributed by atoms with Gasteiger partial charge in [-0.2, -0.15) is 0 Å². The van der Waals surface area contributed by atoms with Crippen LogP contribution in [0.3, 0.4) is 0 Å². The highest BCUT2D eigenvalue weighted by atomic mass is 16.5. The molecule has 1 saturated heterocycles. The van der Waals surface area contributed by atoms with Crippen LogP contribution in [0.2, 0.25) is 0 Å². The van der Waals surface area contributed by atoms with Gasteiger partial charge in [-0.15, -0.1) is 0 Å². The maximum atomic E-state index is 5.39. The van der Waals surface area contributed by atoms with Gasteiger partial charge in [-0.05, 0) is 48.6 Å². The first-order chi connectivity index (χ1) is 10.8. The second kappa shape index (κ2) is 7.57. The Kier molecular flexibility index (Phi) is 5.25. The first-order valence-electron chi connectivity index (χ1n) is 8.28. The predicted octanol–water partition coefficient (Wildman–Crippen LogP) is 3.93. The Bertz CT molecular complexity index is 585. The molecular formula is C20H25NO. The fraction of sp³-hybridized carbons (Fsp3) is 0.400. The van der Waals surface area contributed by atoms with Crippen LogP contribution in [0.15, 0.2) is 48.5 Å². The van der Waals surface area contributed by atoms with Gasteiger partial charge in [0.25, 0.3) is 0 Å². The van der Waals surface area contributed by atoms with E-state index in [0.29, 0.717) is 0 Å². The zero-order valence-electron chi connectivity index (χ0n) is 13.4. The Morgan fingerprint density at radius 1 is 0.955 bits per heavy atom. The number of ether oxygens (including phenoxy) is 1. The molecule has 0 saturated carbocycles. The smallest absolute Gasteiger partial charge is 0.0594 e. The van der Waals surface area contributed by atoms with E-state index in [9.17, 15) is 0 Å². The van der Waals surface area contributed by atoms with Crippen molar-refractivity contribution in [2.45, 2.75) is 19.8 Å². The van der Waals surface area contributed by atoms with Gasteiger partial charge in [0.15, 0.2) is 0 Å². The van der Waals surface area contributed by atoms with Crippen LogP contribution in [0, 0.1) is 6.92 Å². The number of aryl methyl sites for hydroxylation is 2. The highest BCUT2D eigenvalue weighted by Crippen LogP contribution is 2.23. The lowest BCUT2D eigenvalue weighted by molar-refractivity contribution is 0.0375. The van der Waals surface area contributed by atoms with Crippen molar-refractivity contribution in [3.8, 4) is 11.1 Å². The highest BCUT2D eigenvalue weighted by molar-refractivity contribution is 5.67. The summed E-state index contributed by atoms with van der Waals surface area (Å²) in [4.78, 5) is 2.51. The lowest BCUT2D eigenvalue weighted by atomic mass is 9.98. The molecule has 0 bridgehead atoms. The van der Waals surface area contributed by atoms with E-state index in [4.69, 9.17) is 4.74 Å². The molecule has 1 aliphatic rings. The first-order valence-corrected chi connectivity index (χ1v) is 8.28. The van der Waals surface area contributed by atoms with Crippen molar-refractivity contribution in [3.05, 3.63) is 59.7 Å². The van der Waals surface area contributed by atoms with Crippen LogP contribution in [0.5, 0.6) is 0 Å².